The summed E-state index contributed by atoms with van der Waals surface area (Å²) in [7, 11) is 1.63. The third kappa shape index (κ3) is 2.68. The van der Waals surface area contributed by atoms with Gasteiger partial charge in [-0.2, -0.15) is 0 Å². The zero-order valence-corrected chi connectivity index (χ0v) is 11.8. The first-order valence-corrected chi connectivity index (χ1v) is 6.88. The minimum atomic E-state index is 0.0482. The van der Waals surface area contributed by atoms with Crippen LogP contribution in [-0.4, -0.2) is 18.0 Å². The Kier molecular flexibility index (Phi) is 3.48. The van der Waals surface area contributed by atoms with Crippen molar-refractivity contribution < 1.29 is 14.6 Å². The summed E-state index contributed by atoms with van der Waals surface area (Å²) in [5, 5.41) is 9.49. The molecule has 1 N–H and O–H groups in total. The summed E-state index contributed by atoms with van der Waals surface area (Å²) in [6.07, 6.45) is 3.40. The zero-order valence-electron chi connectivity index (χ0n) is 11.8. The molecule has 0 radical (unpaired) electrons. The number of carbonyl (C=O) groups is 1. The summed E-state index contributed by atoms with van der Waals surface area (Å²) in [5.41, 5.74) is 3.41. The van der Waals surface area contributed by atoms with Crippen molar-refractivity contribution in [2.24, 2.45) is 0 Å². The van der Waals surface area contributed by atoms with Gasteiger partial charge in [-0.15, -0.1) is 0 Å². The fourth-order valence-electron chi connectivity index (χ4n) is 2.60. The van der Waals surface area contributed by atoms with Crippen molar-refractivity contribution in [3.8, 4) is 11.5 Å². The maximum absolute atomic E-state index is 12.5. The van der Waals surface area contributed by atoms with Crippen LogP contribution in [0, 0.1) is 0 Å². The minimum Gasteiger partial charge on any atom is -0.508 e. The number of carbonyl (C=O) groups excluding carboxylic acids is 1. The van der Waals surface area contributed by atoms with Gasteiger partial charge < -0.3 is 9.84 Å². The predicted molar refractivity (Wildman–Crippen MR) is 81.7 cm³/mol. The highest BCUT2D eigenvalue weighted by Gasteiger charge is 2.21. The van der Waals surface area contributed by atoms with E-state index in [4.69, 9.17) is 4.74 Å². The molecule has 0 amide bonds. The molecule has 2 aromatic rings. The number of phenolic OH excluding ortho intramolecular Hbond substituents is 1. The van der Waals surface area contributed by atoms with E-state index in [1.54, 1.807) is 25.3 Å². The molecular weight excluding hydrogens is 264 g/mol. The molecule has 0 atom stereocenters. The molecule has 1 aliphatic carbocycles. The van der Waals surface area contributed by atoms with Gasteiger partial charge in [0.15, 0.2) is 5.78 Å². The number of Topliss-reactive ketones (excluding diaryl/α,β-unsaturated/α-hetero) is 1. The lowest BCUT2D eigenvalue weighted by atomic mass is 9.86. The first kappa shape index (κ1) is 13.4. The van der Waals surface area contributed by atoms with E-state index in [0.29, 0.717) is 12.0 Å². The SMILES string of the molecule is COc1ccc(/C=C2\CCc3cc(O)ccc3C2=O)cc1. The second-order valence-electron chi connectivity index (χ2n) is 5.11. The lowest BCUT2D eigenvalue weighted by molar-refractivity contribution is 0.102. The van der Waals surface area contributed by atoms with Crippen molar-refractivity contribution in [1.29, 1.82) is 0 Å². The normalized spacial score (nSPS) is 15.9. The largest absolute Gasteiger partial charge is 0.508 e. The molecule has 0 heterocycles. The molecule has 0 aromatic heterocycles. The van der Waals surface area contributed by atoms with Gasteiger partial charge in [0.25, 0.3) is 0 Å². The molecule has 2 aromatic carbocycles. The van der Waals surface area contributed by atoms with Gasteiger partial charge in [-0.3, -0.25) is 4.79 Å². The second kappa shape index (κ2) is 5.44. The Labute approximate surface area is 123 Å². The minimum absolute atomic E-state index is 0.0482. The molecule has 1 aliphatic rings. The van der Waals surface area contributed by atoms with Crippen LogP contribution < -0.4 is 4.74 Å². The number of phenols is 1. The Balaban J connectivity index is 1.91. The molecule has 3 nitrogen and oxygen atoms in total. The van der Waals surface area contributed by atoms with Crippen molar-refractivity contribution in [2.45, 2.75) is 12.8 Å². The number of hydrogen-bond donors (Lipinski definition) is 1. The van der Waals surface area contributed by atoms with Crippen molar-refractivity contribution >= 4 is 11.9 Å². The molecule has 0 unspecified atom stereocenters. The van der Waals surface area contributed by atoms with Gasteiger partial charge in [-0.25, -0.2) is 0 Å². The fraction of sp³-hybridized carbons (Fsp3) is 0.167. The maximum Gasteiger partial charge on any atom is 0.189 e. The number of rotatable bonds is 2. The molecule has 0 spiro atoms. The van der Waals surface area contributed by atoms with Crippen molar-refractivity contribution in [3.05, 3.63) is 64.7 Å². The number of benzene rings is 2. The van der Waals surface area contributed by atoms with Crippen LogP contribution in [0.5, 0.6) is 11.5 Å². The lowest BCUT2D eigenvalue weighted by Gasteiger charge is -2.17. The van der Waals surface area contributed by atoms with Crippen LogP contribution in [0.4, 0.5) is 0 Å². The first-order valence-electron chi connectivity index (χ1n) is 6.88. The molecule has 3 heteroatoms. The summed E-state index contributed by atoms with van der Waals surface area (Å²) in [6.45, 7) is 0. The van der Waals surface area contributed by atoms with Crippen LogP contribution in [0.1, 0.15) is 27.9 Å². The number of allylic oxidation sites excluding steroid dienone is 1. The monoisotopic (exact) mass is 280 g/mol. The highest BCUT2D eigenvalue weighted by molar-refractivity contribution is 6.13. The van der Waals surface area contributed by atoms with Gasteiger partial charge in [0.1, 0.15) is 11.5 Å². The highest BCUT2D eigenvalue weighted by Crippen LogP contribution is 2.29. The van der Waals surface area contributed by atoms with E-state index < -0.39 is 0 Å². The number of aromatic hydroxyl groups is 1. The zero-order chi connectivity index (χ0) is 14.8. The second-order valence-corrected chi connectivity index (χ2v) is 5.11. The average molecular weight is 280 g/mol. The Morgan fingerprint density at radius 1 is 1.10 bits per heavy atom. The topological polar surface area (TPSA) is 46.5 Å². The third-order valence-electron chi connectivity index (χ3n) is 3.75. The summed E-state index contributed by atoms with van der Waals surface area (Å²) in [4.78, 5) is 12.5. The Hall–Kier alpha value is -2.55. The van der Waals surface area contributed by atoms with Crippen molar-refractivity contribution in [1.82, 2.24) is 0 Å². The number of methoxy groups -OCH3 is 1. The van der Waals surface area contributed by atoms with Gasteiger partial charge in [0.05, 0.1) is 7.11 Å². The number of hydrogen-bond acceptors (Lipinski definition) is 3. The van der Waals surface area contributed by atoms with Gasteiger partial charge in [0, 0.05) is 11.1 Å². The van der Waals surface area contributed by atoms with E-state index in [1.807, 2.05) is 30.3 Å². The van der Waals surface area contributed by atoms with Crippen molar-refractivity contribution in [3.63, 3.8) is 0 Å². The standard InChI is InChI=1S/C18H16O3/c1-21-16-7-2-12(3-8-16)10-14-5-4-13-11-15(19)6-9-17(13)18(14)20/h2-3,6-11,19H,4-5H2,1H3/b14-10+. The predicted octanol–water partition coefficient (Wildman–Crippen LogP) is 3.61. The fourth-order valence-corrected chi connectivity index (χ4v) is 2.60. The van der Waals surface area contributed by atoms with Crippen LogP contribution in [-0.2, 0) is 6.42 Å². The molecule has 21 heavy (non-hydrogen) atoms. The summed E-state index contributed by atoms with van der Waals surface area (Å²) in [5.74, 6) is 1.06. The van der Waals surface area contributed by atoms with Gasteiger partial charge in [0.2, 0.25) is 0 Å². The van der Waals surface area contributed by atoms with Gasteiger partial charge >= 0.3 is 0 Å². The van der Waals surface area contributed by atoms with Crippen LogP contribution >= 0.6 is 0 Å². The Bertz CT molecular complexity index is 712. The quantitative estimate of drug-likeness (QED) is 0.855. The van der Waals surface area contributed by atoms with E-state index >= 15 is 0 Å². The molecule has 0 aliphatic heterocycles. The average Bonchev–Trinajstić information content (AvgIpc) is 2.51. The smallest absolute Gasteiger partial charge is 0.189 e. The molecule has 0 fully saturated rings. The Morgan fingerprint density at radius 2 is 1.86 bits per heavy atom. The lowest BCUT2D eigenvalue weighted by Crippen LogP contribution is -2.13. The van der Waals surface area contributed by atoms with Gasteiger partial charge in [-0.05, 0) is 60.4 Å². The maximum atomic E-state index is 12.5. The highest BCUT2D eigenvalue weighted by atomic mass is 16.5. The molecule has 3 rings (SSSR count). The van der Waals surface area contributed by atoms with E-state index in [0.717, 1.165) is 28.9 Å². The molecule has 0 saturated carbocycles. The summed E-state index contributed by atoms with van der Waals surface area (Å²) < 4.78 is 5.13. The third-order valence-corrected chi connectivity index (χ3v) is 3.75. The van der Waals surface area contributed by atoms with Crippen LogP contribution in [0.25, 0.3) is 6.08 Å². The van der Waals surface area contributed by atoms with Crippen molar-refractivity contribution in [2.75, 3.05) is 7.11 Å². The first-order chi connectivity index (χ1) is 10.2. The number of aryl methyl sites for hydroxylation is 1. The van der Waals surface area contributed by atoms with Crippen LogP contribution in [0.3, 0.4) is 0 Å². The number of ether oxygens (including phenoxy) is 1. The van der Waals surface area contributed by atoms with E-state index in [2.05, 4.69) is 0 Å². The van der Waals surface area contributed by atoms with Crippen LogP contribution in [0.15, 0.2) is 48.0 Å². The number of ketones is 1. The Morgan fingerprint density at radius 3 is 2.57 bits per heavy atom. The summed E-state index contributed by atoms with van der Waals surface area (Å²) in [6, 6.07) is 12.6. The van der Waals surface area contributed by atoms with E-state index in [-0.39, 0.29) is 11.5 Å². The number of fused-ring (bicyclic) bond motifs is 1. The molecule has 106 valence electrons. The van der Waals surface area contributed by atoms with E-state index in [9.17, 15) is 9.90 Å². The van der Waals surface area contributed by atoms with Gasteiger partial charge in [-0.1, -0.05) is 12.1 Å². The summed E-state index contributed by atoms with van der Waals surface area (Å²) >= 11 is 0. The molecule has 0 bridgehead atoms. The van der Waals surface area contributed by atoms with E-state index in [1.165, 1.54) is 0 Å². The molecular formula is C18H16O3. The van der Waals surface area contributed by atoms with Crippen LogP contribution in [0.2, 0.25) is 0 Å². The molecule has 0 saturated heterocycles.